The Morgan fingerprint density at radius 1 is 1.10 bits per heavy atom. The summed E-state index contributed by atoms with van der Waals surface area (Å²) in [5.74, 6) is -1.56. The third-order valence-corrected chi connectivity index (χ3v) is 3.57. The van der Waals surface area contributed by atoms with Gasteiger partial charge in [0.05, 0.1) is 10.7 Å². The van der Waals surface area contributed by atoms with E-state index in [1.807, 2.05) is 0 Å². The quantitative estimate of drug-likeness (QED) is 0.774. The minimum absolute atomic E-state index is 0.114. The Labute approximate surface area is 127 Å². The summed E-state index contributed by atoms with van der Waals surface area (Å²) in [7, 11) is 0. The molecule has 2 aromatic rings. The van der Waals surface area contributed by atoms with Crippen LogP contribution in [0.4, 0.5) is 25.0 Å². The maximum absolute atomic E-state index is 13.4. The van der Waals surface area contributed by atoms with Crippen molar-refractivity contribution in [1.29, 1.82) is 0 Å². The van der Waals surface area contributed by atoms with Gasteiger partial charge in [0.25, 0.3) is 0 Å². The van der Waals surface area contributed by atoms with Gasteiger partial charge in [-0.05, 0) is 46.3 Å². The molecule has 0 aromatic heterocycles. The van der Waals surface area contributed by atoms with Crippen LogP contribution in [0.2, 0.25) is 5.02 Å². The predicted molar refractivity (Wildman–Crippen MR) is 78.2 cm³/mol. The highest BCUT2D eigenvalue weighted by atomic mass is 79.9. The topological polar surface area (TPSA) is 41.1 Å². The van der Waals surface area contributed by atoms with Crippen LogP contribution in [-0.2, 0) is 0 Å². The number of hydrogen-bond acceptors (Lipinski definition) is 1. The van der Waals surface area contributed by atoms with Crippen LogP contribution in [0.3, 0.4) is 0 Å². The molecule has 0 radical (unpaired) electrons. The van der Waals surface area contributed by atoms with Crippen LogP contribution in [0.5, 0.6) is 0 Å². The van der Waals surface area contributed by atoms with Crippen LogP contribution < -0.4 is 10.6 Å². The first-order chi connectivity index (χ1) is 9.45. The van der Waals surface area contributed by atoms with Crippen molar-refractivity contribution in [2.45, 2.75) is 0 Å². The lowest BCUT2D eigenvalue weighted by molar-refractivity contribution is 0.262. The van der Waals surface area contributed by atoms with Gasteiger partial charge in [0, 0.05) is 16.2 Å². The van der Waals surface area contributed by atoms with Gasteiger partial charge < -0.3 is 10.6 Å². The van der Waals surface area contributed by atoms with Gasteiger partial charge in [0.2, 0.25) is 0 Å². The van der Waals surface area contributed by atoms with Gasteiger partial charge in [0.1, 0.15) is 11.6 Å². The maximum Gasteiger partial charge on any atom is 0.323 e. The van der Waals surface area contributed by atoms with Gasteiger partial charge in [-0.1, -0.05) is 11.6 Å². The molecule has 0 spiro atoms. The van der Waals surface area contributed by atoms with E-state index >= 15 is 0 Å². The van der Waals surface area contributed by atoms with Gasteiger partial charge in [0.15, 0.2) is 0 Å². The standard InChI is InChI=1S/C13H8BrClF2N2O/c14-9-6-8(2-3-10(9)15)18-13(20)19-12-4-1-7(16)5-11(12)17/h1-6H,(H2,18,19,20). The zero-order chi connectivity index (χ0) is 14.7. The number of benzene rings is 2. The summed E-state index contributed by atoms with van der Waals surface area (Å²) < 4.78 is 26.7. The molecule has 2 aromatic carbocycles. The molecule has 0 saturated heterocycles. The number of carbonyl (C=O) groups is 1. The lowest BCUT2D eigenvalue weighted by atomic mass is 10.3. The van der Waals surface area contributed by atoms with Crippen molar-refractivity contribution >= 4 is 44.9 Å². The molecule has 0 aliphatic carbocycles. The first kappa shape index (κ1) is 14.7. The summed E-state index contributed by atoms with van der Waals surface area (Å²) in [5.41, 5.74) is 0.359. The first-order valence-electron chi connectivity index (χ1n) is 5.44. The number of nitrogens with one attached hydrogen (secondary N) is 2. The molecular weight excluding hydrogens is 354 g/mol. The van der Waals surface area contributed by atoms with Gasteiger partial charge >= 0.3 is 6.03 Å². The van der Waals surface area contributed by atoms with Crippen molar-refractivity contribution in [3.8, 4) is 0 Å². The van der Waals surface area contributed by atoms with Gasteiger partial charge in [-0.3, -0.25) is 0 Å². The highest BCUT2D eigenvalue weighted by Crippen LogP contribution is 2.25. The summed E-state index contributed by atoms with van der Waals surface area (Å²) in [6.07, 6.45) is 0. The molecule has 0 atom stereocenters. The van der Waals surface area contributed by atoms with E-state index in [4.69, 9.17) is 11.6 Å². The van der Waals surface area contributed by atoms with E-state index in [-0.39, 0.29) is 5.69 Å². The van der Waals surface area contributed by atoms with E-state index < -0.39 is 17.7 Å². The Kier molecular flexibility index (Phi) is 4.57. The summed E-state index contributed by atoms with van der Waals surface area (Å²) in [4.78, 5) is 11.7. The molecule has 2 rings (SSSR count). The Hall–Kier alpha value is -1.66. The Bertz CT molecular complexity index is 667. The summed E-state index contributed by atoms with van der Waals surface area (Å²) in [6.45, 7) is 0. The van der Waals surface area contributed by atoms with Gasteiger partial charge in [-0.2, -0.15) is 0 Å². The van der Waals surface area contributed by atoms with Crippen LogP contribution in [0.1, 0.15) is 0 Å². The van der Waals surface area contributed by atoms with Crippen molar-refractivity contribution in [1.82, 2.24) is 0 Å². The minimum Gasteiger partial charge on any atom is -0.308 e. The zero-order valence-corrected chi connectivity index (χ0v) is 12.2. The molecular formula is C13H8BrClF2N2O. The fourth-order valence-corrected chi connectivity index (χ4v) is 1.95. The lowest BCUT2D eigenvalue weighted by Gasteiger charge is -2.09. The number of amides is 2. The van der Waals surface area contributed by atoms with E-state index in [1.54, 1.807) is 18.2 Å². The lowest BCUT2D eigenvalue weighted by Crippen LogP contribution is -2.20. The highest BCUT2D eigenvalue weighted by Gasteiger charge is 2.08. The van der Waals surface area contributed by atoms with Gasteiger partial charge in [-0.15, -0.1) is 0 Å². The monoisotopic (exact) mass is 360 g/mol. The SMILES string of the molecule is O=C(Nc1ccc(Cl)c(Br)c1)Nc1ccc(F)cc1F. The van der Waals surface area contributed by atoms with Crippen LogP contribution in [0.25, 0.3) is 0 Å². The Morgan fingerprint density at radius 3 is 2.50 bits per heavy atom. The molecule has 3 nitrogen and oxygen atoms in total. The number of anilines is 2. The number of hydrogen-bond donors (Lipinski definition) is 2. The largest absolute Gasteiger partial charge is 0.323 e. The Balaban J connectivity index is 2.07. The van der Waals surface area contributed by atoms with Crippen molar-refractivity contribution in [2.24, 2.45) is 0 Å². The average Bonchev–Trinajstić information content (AvgIpc) is 2.37. The smallest absolute Gasteiger partial charge is 0.308 e. The number of rotatable bonds is 2. The normalized spacial score (nSPS) is 10.2. The third kappa shape index (κ3) is 3.68. The number of urea groups is 1. The predicted octanol–water partition coefficient (Wildman–Crippen LogP) is 5.02. The minimum atomic E-state index is -0.850. The molecule has 0 heterocycles. The average molecular weight is 362 g/mol. The summed E-state index contributed by atoms with van der Waals surface area (Å²) >= 11 is 9.04. The molecule has 0 aliphatic heterocycles. The van der Waals surface area contributed by atoms with E-state index in [2.05, 4.69) is 26.6 Å². The van der Waals surface area contributed by atoms with Crippen molar-refractivity contribution in [3.63, 3.8) is 0 Å². The van der Waals surface area contributed by atoms with Crippen LogP contribution in [0, 0.1) is 11.6 Å². The molecule has 104 valence electrons. The molecule has 20 heavy (non-hydrogen) atoms. The van der Waals surface area contributed by atoms with E-state index in [9.17, 15) is 13.6 Å². The molecule has 0 aliphatic rings. The van der Waals surface area contributed by atoms with E-state index in [0.717, 1.165) is 12.1 Å². The molecule has 2 N–H and O–H groups in total. The third-order valence-electron chi connectivity index (χ3n) is 2.36. The zero-order valence-electron chi connectivity index (χ0n) is 9.88. The van der Waals surface area contributed by atoms with Gasteiger partial charge in [-0.25, -0.2) is 13.6 Å². The molecule has 2 amide bonds. The number of halogens is 4. The molecule has 0 fully saturated rings. The highest BCUT2D eigenvalue weighted by molar-refractivity contribution is 9.10. The Morgan fingerprint density at radius 2 is 1.85 bits per heavy atom. The summed E-state index contributed by atoms with van der Waals surface area (Å²) in [6, 6.07) is 7.02. The molecule has 0 unspecified atom stereocenters. The summed E-state index contributed by atoms with van der Waals surface area (Å²) in [5, 5.41) is 5.28. The molecule has 7 heteroatoms. The van der Waals surface area contributed by atoms with E-state index in [1.165, 1.54) is 0 Å². The van der Waals surface area contributed by atoms with Crippen LogP contribution >= 0.6 is 27.5 Å². The van der Waals surface area contributed by atoms with E-state index in [0.29, 0.717) is 21.2 Å². The molecule has 0 saturated carbocycles. The number of carbonyl (C=O) groups excluding carboxylic acids is 1. The second kappa shape index (κ2) is 6.19. The molecule has 0 bridgehead atoms. The second-order valence-corrected chi connectivity index (χ2v) is 5.09. The van der Waals surface area contributed by atoms with Crippen molar-refractivity contribution in [2.75, 3.05) is 10.6 Å². The van der Waals surface area contributed by atoms with Crippen LogP contribution in [0.15, 0.2) is 40.9 Å². The van der Waals surface area contributed by atoms with Crippen molar-refractivity contribution < 1.29 is 13.6 Å². The first-order valence-corrected chi connectivity index (χ1v) is 6.61. The van der Waals surface area contributed by atoms with Crippen LogP contribution in [-0.4, -0.2) is 6.03 Å². The fourth-order valence-electron chi connectivity index (χ4n) is 1.45. The second-order valence-electron chi connectivity index (χ2n) is 3.83. The maximum atomic E-state index is 13.4. The fraction of sp³-hybridized carbons (Fsp3) is 0. The van der Waals surface area contributed by atoms with Crippen molar-refractivity contribution in [3.05, 3.63) is 57.5 Å².